The molecular formula is C25H47N3O9. The summed E-state index contributed by atoms with van der Waals surface area (Å²) in [6, 6.07) is -2.43. The minimum absolute atomic E-state index is 0.0494. The van der Waals surface area contributed by atoms with Crippen LogP contribution < -0.4 is 16.4 Å². The van der Waals surface area contributed by atoms with Gasteiger partial charge in [-0.1, -0.05) is 39.8 Å². The van der Waals surface area contributed by atoms with Crippen molar-refractivity contribution in [2.45, 2.75) is 121 Å². The molecule has 7 unspecified atom stereocenters. The van der Waals surface area contributed by atoms with Crippen molar-refractivity contribution in [3.8, 4) is 0 Å². The van der Waals surface area contributed by atoms with Gasteiger partial charge >= 0.3 is 6.03 Å². The van der Waals surface area contributed by atoms with Gasteiger partial charge in [0.1, 0.15) is 6.10 Å². The van der Waals surface area contributed by atoms with Crippen LogP contribution in [0.3, 0.4) is 0 Å². The molecule has 2 aliphatic rings. The van der Waals surface area contributed by atoms with Gasteiger partial charge in [0.05, 0.1) is 48.7 Å². The van der Waals surface area contributed by atoms with Gasteiger partial charge in [-0.05, 0) is 18.8 Å². The number of aliphatic hydroxyl groups is 5. The molecular weight excluding hydrogens is 486 g/mol. The summed E-state index contributed by atoms with van der Waals surface area (Å²) in [4.78, 5) is 12.1. The summed E-state index contributed by atoms with van der Waals surface area (Å²) in [6.07, 6.45) is -4.64. The summed E-state index contributed by atoms with van der Waals surface area (Å²) >= 11 is 0. The molecule has 0 aromatic heterocycles. The lowest BCUT2D eigenvalue weighted by Crippen LogP contribution is -2.63. The molecule has 0 bridgehead atoms. The summed E-state index contributed by atoms with van der Waals surface area (Å²) < 4.78 is 17.8. The number of amides is 2. The third-order valence-electron chi connectivity index (χ3n) is 6.92. The summed E-state index contributed by atoms with van der Waals surface area (Å²) in [5, 5.41) is 58.3. The van der Waals surface area contributed by atoms with E-state index in [2.05, 4.69) is 10.6 Å². The van der Waals surface area contributed by atoms with Crippen LogP contribution in [0.15, 0.2) is 12.2 Å². The summed E-state index contributed by atoms with van der Waals surface area (Å²) in [6.45, 7) is 9.17. The molecule has 2 aliphatic heterocycles. The van der Waals surface area contributed by atoms with Crippen molar-refractivity contribution in [2.75, 3.05) is 7.05 Å². The molecule has 2 heterocycles. The van der Waals surface area contributed by atoms with E-state index in [1.807, 2.05) is 19.9 Å². The highest BCUT2D eigenvalue weighted by atomic mass is 16.7. The minimum Gasteiger partial charge on any atom is -0.393 e. The average molecular weight is 534 g/mol. The second-order valence-corrected chi connectivity index (χ2v) is 10.9. The van der Waals surface area contributed by atoms with E-state index >= 15 is 0 Å². The summed E-state index contributed by atoms with van der Waals surface area (Å²) in [5.41, 5.74) is 5.95. The Bertz CT molecular complexity index is 755. The zero-order valence-corrected chi connectivity index (χ0v) is 22.7. The molecule has 0 aromatic rings. The predicted octanol–water partition coefficient (Wildman–Crippen LogP) is -0.689. The van der Waals surface area contributed by atoms with E-state index in [-0.39, 0.29) is 31.1 Å². The van der Waals surface area contributed by atoms with Crippen LogP contribution in [0, 0.1) is 11.8 Å². The van der Waals surface area contributed by atoms with E-state index in [1.165, 1.54) is 7.05 Å². The first-order valence-electron chi connectivity index (χ1n) is 13.0. The van der Waals surface area contributed by atoms with E-state index in [0.29, 0.717) is 0 Å². The molecule has 2 amide bonds. The van der Waals surface area contributed by atoms with Crippen LogP contribution in [0.1, 0.15) is 53.9 Å². The first-order valence-corrected chi connectivity index (χ1v) is 13.0. The number of hydrogen-bond acceptors (Lipinski definition) is 10. The molecule has 37 heavy (non-hydrogen) atoms. The molecule has 216 valence electrons. The highest BCUT2D eigenvalue weighted by Crippen LogP contribution is 2.35. The number of urea groups is 1. The number of ether oxygens (including phenoxy) is 3. The normalized spacial score (nSPS) is 38.6. The highest BCUT2D eigenvalue weighted by Gasteiger charge is 2.49. The van der Waals surface area contributed by atoms with Gasteiger partial charge in [0, 0.05) is 26.3 Å². The second-order valence-electron chi connectivity index (χ2n) is 10.9. The minimum atomic E-state index is -1.84. The summed E-state index contributed by atoms with van der Waals surface area (Å²) in [7, 11) is 1.44. The lowest BCUT2D eigenvalue weighted by Gasteiger charge is -2.46. The Labute approximate surface area is 219 Å². The Balaban J connectivity index is 2.32. The zero-order valence-electron chi connectivity index (χ0n) is 22.7. The van der Waals surface area contributed by atoms with Crippen LogP contribution >= 0.6 is 0 Å². The summed E-state index contributed by atoms with van der Waals surface area (Å²) in [5.74, 6) is -1.84. The first kappa shape index (κ1) is 31.9. The van der Waals surface area contributed by atoms with Crippen LogP contribution in [-0.2, 0) is 14.2 Å². The molecule has 0 aromatic carbocycles. The zero-order chi connectivity index (χ0) is 28.1. The third kappa shape index (κ3) is 8.84. The van der Waals surface area contributed by atoms with Gasteiger partial charge in [0.2, 0.25) is 0 Å². The second kappa shape index (κ2) is 13.6. The van der Waals surface area contributed by atoms with Crippen LogP contribution in [0.2, 0.25) is 0 Å². The molecule has 2 fully saturated rings. The molecule has 2 rings (SSSR count). The van der Waals surface area contributed by atoms with Gasteiger partial charge in [-0.3, -0.25) is 0 Å². The quantitative estimate of drug-likeness (QED) is 0.166. The lowest BCUT2D eigenvalue weighted by atomic mass is 9.86. The maximum absolute atomic E-state index is 12.1. The number of carbonyl (C=O) groups excluding carboxylic acids is 1. The van der Waals surface area contributed by atoms with Gasteiger partial charge < -0.3 is 56.1 Å². The SMILES string of the molecule is CNC(=O)N[C@H]1C(C[C@H](/C=C/C(C)C)OC2OC(C)C(O)C(N)C2O)O[C@](O)(CC(O)C(C)C)C[C@@H]1O. The Morgan fingerprint density at radius 1 is 1.19 bits per heavy atom. The molecule has 12 nitrogen and oxygen atoms in total. The molecule has 9 N–H and O–H groups in total. The lowest BCUT2D eigenvalue weighted by molar-refractivity contribution is -0.303. The van der Waals surface area contributed by atoms with Gasteiger partial charge in [-0.15, -0.1) is 0 Å². The van der Waals surface area contributed by atoms with Gasteiger partial charge in [-0.2, -0.15) is 0 Å². The molecule has 11 atom stereocenters. The molecule has 12 heteroatoms. The van der Waals surface area contributed by atoms with Gasteiger partial charge in [0.25, 0.3) is 0 Å². The van der Waals surface area contributed by atoms with Crippen molar-refractivity contribution in [1.82, 2.24) is 10.6 Å². The van der Waals surface area contributed by atoms with Crippen molar-refractivity contribution < 1.29 is 44.5 Å². The molecule has 0 aliphatic carbocycles. The highest BCUT2D eigenvalue weighted by molar-refractivity contribution is 5.74. The number of carbonyl (C=O) groups is 1. The van der Waals surface area contributed by atoms with E-state index in [4.69, 9.17) is 19.9 Å². The van der Waals surface area contributed by atoms with Gasteiger partial charge in [0.15, 0.2) is 12.1 Å². The van der Waals surface area contributed by atoms with Crippen LogP contribution in [0.4, 0.5) is 4.79 Å². The molecule has 0 radical (unpaired) electrons. The fourth-order valence-electron chi connectivity index (χ4n) is 4.51. The Morgan fingerprint density at radius 3 is 2.41 bits per heavy atom. The maximum Gasteiger partial charge on any atom is 0.314 e. The van der Waals surface area contributed by atoms with E-state index < -0.39 is 72.9 Å². The maximum atomic E-state index is 12.1. The van der Waals surface area contributed by atoms with Crippen molar-refractivity contribution in [1.29, 1.82) is 0 Å². The van der Waals surface area contributed by atoms with Gasteiger partial charge in [-0.25, -0.2) is 4.79 Å². The van der Waals surface area contributed by atoms with Crippen molar-refractivity contribution in [2.24, 2.45) is 17.6 Å². The molecule has 0 saturated carbocycles. The van der Waals surface area contributed by atoms with Crippen LogP contribution in [0.25, 0.3) is 0 Å². The fourth-order valence-corrected chi connectivity index (χ4v) is 4.51. The van der Waals surface area contributed by atoms with Crippen molar-refractivity contribution >= 4 is 6.03 Å². The monoisotopic (exact) mass is 533 g/mol. The van der Waals surface area contributed by atoms with Crippen LogP contribution in [0.5, 0.6) is 0 Å². The number of rotatable bonds is 10. The number of hydrogen-bond donors (Lipinski definition) is 8. The number of nitrogens with two attached hydrogens (primary N) is 1. The first-order chi connectivity index (χ1) is 17.2. The smallest absolute Gasteiger partial charge is 0.314 e. The Kier molecular flexibility index (Phi) is 11.7. The molecule has 2 saturated heterocycles. The average Bonchev–Trinajstić information content (AvgIpc) is 2.81. The fraction of sp³-hybridized carbons (Fsp3) is 0.880. The van der Waals surface area contributed by atoms with E-state index in [9.17, 15) is 30.3 Å². The van der Waals surface area contributed by atoms with E-state index in [1.54, 1.807) is 26.8 Å². The number of nitrogens with one attached hydrogen (secondary N) is 2. The third-order valence-corrected chi connectivity index (χ3v) is 6.92. The van der Waals surface area contributed by atoms with E-state index in [0.717, 1.165) is 0 Å². The van der Waals surface area contributed by atoms with Crippen LogP contribution in [-0.4, -0.2) is 106 Å². The largest absolute Gasteiger partial charge is 0.393 e. The Morgan fingerprint density at radius 2 is 1.84 bits per heavy atom. The standard InChI is InChI=1S/C25H47N3O9/c1-12(2)7-8-15(36-23-22(32)19(26)21(31)14(5)35-23)9-18-20(28-24(33)27-6)17(30)11-25(34,37-18)10-16(29)13(3)4/h7-8,12-23,29-32,34H,9-11,26H2,1-6H3,(H2,27,28,33)/b8-7+/t14?,15-,16?,17-,18?,19?,20+,21?,22?,23?,25+/m0/s1. The van der Waals surface area contributed by atoms with Crippen molar-refractivity contribution in [3.05, 3.63) is 12.2 Å². The topological polar surface area (TPSA) is 196 Å². The number of aliphatic hydroxyl groups excluding tert-OH is 4. The number of allylic oxidation sites excluding steroid dienone is 1. The van der Waals surface area contributed by atoms with Crippen molar-refractivity contribution in [3.63, 3.8) is 0 Å². The predicted molar refractivity (Wildman–Crippen MR) is 135 cm³/mol. The molecule has 0 spiro atoms. The Hall–Kier alpha value is -1.35.